The number of likely N-dealkylation sites (tertiary alicyclic amines) is 1. The Hall–Kier alpha value is -1.36. The van der Waals surface area contributed by atoms with Crippen molar-refractivity contribution in [2.24, 2.45) is 0 Å². The van der Waals surface area contributed by atoms with Gasteiger partial charge >= 0.3 is 0 Å². The minimum absolute atomic E-state index is 0.172. The minimum Gasteiger partial charge on any atom is -0.339 e. The molecule has 0 radical (unpaired) electrons. The molecule has 0 aliphatic carbocycles. The van der Waals surface area contributed by atoms with E-state index in [9.17, 15) is 4.79 Å². The quantitative estimate of drug-likeness (QED) is 0.894. The van der Waals surface area contributed by atoms with E-state index >= 15 is 0 Å². The molecule has 0 bridgehead atoms. The van der Waals surface area contributed by atoms with Gasteiger partial charge in [-0.3, -0.25) is 9.48 Å². The normalized spacial score (nSPS) is 21.5. The second-order valence-electron chi connectivity index (χ2n) is 5.46. The highest BCUT2D eigenvalue weighted by atomic mass is 16.2. The molecule has 1 fully saturated rings. The molecule has 1 aromatic heterocycles. The van der Waals surface area contributed by atoms with Gasteiger partial charge in [0.15, 0.2) is 0 Å². The van der Waals surface area contributed by atoms with Crippen molar-refractivity contribution in [3.05, 3.63) is 17.5 Å². The molecule has 1 saturated heterocycles. The first-order chi connectivity index (χ1) is 9.02. The molecule has 0 spiro atoms. The van der Waals surface area contributed by atoms with E-state index in [1.54, 1.807) is 0 Å². The van der Waals surface area contributed by atoms with Crippen LogP contribution >= 0.6 is 0 Å². The molecule has 1 aliphatic rings. The SMILES string of the molecule is CN[C@@H]1CCCN(C(=O)[C@H](C)n2nc(C)cc2C)C1. The summed E-state index contributed by atoms with van der Waals surface area (Å²) in [6.07, 6.45) is 2.22. The fourth-order valence-corrected chi connectivity index (χ4v) is 2.82. The summed E-state index contributed by atoms with van der Waals surface area (Å²) < 4.78 is 1.83. The summed E-state index contributed by atoms with van der Waals surface area (Å²) in [5.74, 6) is 0.172. The summed E-state index contributed by atoms with van der Waals surface area (Å²) >= 11 is 0. The minimum atomic E-state index is -0.218. The van der Waals surface area contributed by atoms with Crippen LogP contribution in [0, 0.1) is 13.8 Å². The summed E-state index contributed by atoms with van der Waals surface area (Å²) in [5.41, 5.74) is 2.00. The molecule has 1 N–H and O–H groups in total. The molecule has 5 heteroatoms. The fraction of sp³-hybridized carbons (Fsp3) is 0.714. The van der Waals surface area contributed by atoms with E-state index in [2.05, 4.69) is 10.4 Å². The van der Waals surface area contributed by atoms with Crippen molar-refractivity contribution in [3.63, 3.8) is 0 Å². The Balaban J connectivity index is 2.08. The maximum atomic E-state index is 12.6. The van der Waals surface area contributed by atoms with Crippen LogP contribution in [0.1, 0.15) is 37.2 Å². The lowest BCUT2D eigenvalue weighted by molar-refractivity contribution is -0.136. The molecule has 2 heterocycles. The Morgan fingerprint density at radius 3 is 2.84 bits per heavy atom. The topological polar surface area (TPSA) is 50.2 Å². The van der Waals surface area contributed by atoms with Crippen molar-refractivity contribution in [3.8, 4) is 0 Å². The number of piperidine rings is 1. The van der Waals surface area contributed by atoms with E-state index in [4.69, 9.17) is 0 Å². The van der Waals surface area contributed by atoms with Gasteiger partial charge in [0.2, 0.25) is 5.91 Å². The molecule has 1 amide bonds. The van der Waals surface area contributed by atoms with Gasteiger partial charge in [0, 0.05) is 24.8 Å². The molecular formula is C14H24N4O. The first kappa shape index (κ1) is 14.1. The maximum Gasteiger partial charge on any atom is 0.247 e. The number of rotatable bonds is 3. The average molecular weight is 264 g/mol. The number of amides is 1. The van der Waals surface area contributed by atoms with Gasteiger partial charge in [-0.25, -0.2) is 0 Å². The van der Waals surface area contributed by atoms with Crippen LogP contribution in [0.3, 0.4) is 0 Å². The summed E-state index contributed by atoms with van der Waals surface area (Å²) in [6.45, 7) is 7.55. The van der Waals surface area contributed by atoms with Crippen molar-refractivity contribution in [2.45, 2.75) is 45.7 Å². The van der Waals surface area contributed by atoms with Crippen LogP contribution in [-0.4, -0.2) is 46.8 Å². The highest BCUT2D eigenvalue weighted by Crippen LogP contribution is 2.17. The summed E-state index contributed by atoms with van der Waals surface area (Å²) in [7, 11) is 1.96. The molecule has 1 aromatic rings. The number of carbonyl (C=O) groups excluding carboxylic acids is 1. The lowest BCUT2D eigenvalue weighted by Crippen LogP contribution is -2.48. The fourth-order valence-electron chi connectivity index (χ4n) is 2.82. The van der Waals surface area contributed by atoms with Crippen LogP contribution in [0.15, 0.2) is 6.07 Å². The van der Waals surface area contributed by atoms with Crippen LogP contribution in [-0.2, 0) is 4.79 Å². The van der Waals surface area contributed by atoms with Gasteiger partial charge in [-0.1, -0.05) is 0 Å². The van der Waals surface area contributed by atoms with Gasteiger partial charge < -0.3 is 10.2 Å². The van der Waals surface area contributed by atoms with Crippen molar-refractivity contribution in [1.29, 1.82) is 0 Å². The van der Waals surface area contributed by atoms with Gasteiger partial charge in [0.25, 0.3) is 0 Å². The van der Waals surface area contributed by atoms with E-state index in [1.165, 1.54) is 0 Å². The van der Waals surface area contributed by atoms with Crippen molar-refractivity contribution >= 4 is 5.91 Å². The lowest BCUT2D eigenvalue weighted by Gasteiger charge is -2.34. The van der Waals surface area contributed by atoms with E-state index in [-0.39, 0.29) is 11.9 Å². The second-order valence-corrected chi connectivity index (χ2v) is 5.46. The zero-order chi connectivity index (χ0) is 14.0. The van der Waals surface area contributed by atoms with Gasteiger partial charge in [0.1, 0.15) is 6.04 Å². The van der Waals surface area contributed by atoms with E-state index in [0.29, 0.717) is 6.04 Å². The maximum absolute atomic E-state index is 12.6. The highest BCUT2D eigenvalue weighted by molar-refractivity contribution is 5.80. The number of hydrogen-bond donors (Lipinski definition) is 1. The van der Waals surface area contributed by atoms with Crippen molar-refractivity contribution in [2.75, 3.05) is 20.1 Å². The highest BCUT2D eigenvalue weighted by Gasteiger charge is 2.27. The molecule has 106 valence electrons. The predicted molar refractivity (Wildman–Crippen MR) is 75.1 cm³/mol. The standard InChI is InChI=1S/C14H24N4O/c1-10-8-11(2)18(16-10)12(3)14(19)17-7-5-6-13(9-17)15-4/h8,12-13,15H,5-7,9H2,1-4H3/t12-,13+/m0/s1. The number of hydrogen-bond acceptors (Lipinski definition) is 3. The van der Waals surface area contributed by atoms with Gasteiger partial charge in [-0.2, -0.15) is 5.10 Å². The molecular weight excluding hydrogens is 240 g/mol. The van der Waals surface area contributed by atoms with E-state index in [0.717, 1.165) is 37.3 Å². The van der Waals surface area contributed by atoms with Gasteiger partial charge in [-0.05, 0) is 46.7 Å². The first-order valence-electron chi connectivity index (χ1n) is 7.01. The molecule has 5 nitrogen and oxygen atoms in total. The predicted octanol–water partition coefficient (Wildman–Crippen LogP) is 1.27. The number of carbonyl (C=O) groups is 1. The Bertz CT molecular complexity index is 454. The first-order valence-corrected chi connectivity index (χ1v) is 7.01. The van der Waals surface area contributed by atoms with Crippen LogP contribution < -0.4 is 5.32 Å². The molecule has 2 atom stereocenters. The zero-order valence-corrected chi connectivity index (χ0v) is 12.3. The molecule has 0 saturated carbocycles. The smallest absolute Gasteiger partial charge is 0.247 e. The Morgan fingerprint density at radius 2 is 2.26 bits per heavy atom. The number of likely N-dealkylation sites (N-methyl/N-ethyl adjacent to an activating group) is 1. The second kappa shape index (κ2) is 5.74. The Labute approximate surface area is 115 Å². The lowest BCUT2D eigenvalue weighted by atomic mass is 10.1. The molecule has 0 aromatic carbocycles. The molecule has 2 rings (SSSR count). The number of aryl methyl sites for hydroxylation is 2. The zero-order valence-electron chi connectivity index (χ0n) is 12.3. The van der Waals surface area contributed by atoms with Gasteiger partial charge in [-0.15, -0.1) is 0 Å². The monoisotopic (exact) mass is 264 g/mol. The molecule has 19 heavy (non-hydrogen) atoms. The van der Waals surface area contributed by atoms with E-state index < -0.39 is 0 Å². The number of nitrogens with zero attached hydrogens (tertiary/aromatic N) is 3. The number of nitrogens with one attached hydrogen (secondary N) is 1. The third-order valence-electron chi connectivity index (χ3n) is 3.91. The third-order valence-corrected chi connectivity index (χ3v) is 3.91. The summed E-state index contributed by atoms with van der Waals surface area (Å²) in [4.78, 5) is 14.5. The molecule has 0 unspecified atom stereocenters. The van der Waals surface area contributed by atoms with Crippen LogP contribution in [0.2, 0.25) is 0 Å². The average Bonchev–Trinajstić information content (AvgIpc) is 2.76. The van der Waals surface area contributed by atoms with Crippen LogP contribution in [0.4, 0.5) is 0 Å². The summed E-state index contributed by atoms with van der Waals surface area (Å²) in [6, 6.07) is 2.21. The van der Waals surface area contributed by atoms with Crippen molar-refractivity contribution < 1.29 is 4.79 Å². The van der Waals surface area contributed by atoms with Crippen LogP contribution in [0.5, 0.6) is 0 Å². The Morgan fingerprint density at radius 1 is 1.53 bits per heavy atom. The van der Waals surface area contributed by atoms with E-state index in [1.807, 2.05) is 43.5 Å². The van der Waals surface area contributed by atoms with Crippen molar-refractivity contribution in [1.82, 2.24) is 20.0 Å². The largest absolute Gasteiger partial charge is 0.339 e. The Kier molecular flexibility index (Phi) is 4.24. The van der Waals surface area contributed by atoms with Gasteiger partial charge in [0.05, 0.1) is 5.69 Å². The number of aromatic nitrogens is 2. The third kappa shape index (κ3) is 2.97. The molecule has 1 aliphatic heterocycles. The summed E-state index contributed by atoms with van der Waals surface area (Å²) in [5, 5.41) is 7.69. The van der Waals surface area contributed by atoms with Crippen LogP contribution in [0.25, 0.3) is 0 Å².